The van der Waals surface area contributed by atoms with Crippen molar-refractivity contribution in [1.82, 2.24) is 4.57 Å². The number of thiophene rings is 1. The normalized spacial score (nSPS) is 13.9. The molecule has 0 aliphatic carbocycles. The molecule has 0 fully saturated rings. The molecule has 0 saturated heterocycles. The second-order valence-electron chi connectivity index (χ2n) is 11.0. The first kappa shape index (κ1) is 21.9. The molecule has 0 saturated carbocycles. The summed E-state index contributed by atoms with van der Waals surface area (Å²) >= 11 is 1.89. The monoisotopic (exact) mass is 505 g/mol. The predicted molar refractivity (Wildman–Crippen MR) is 164 cm³/mol. The van der Waals surface area contributed by atoms with Crippen LogP contribution in [0.3, 0.4) is 0 Å². The zero-order chi connectivity index (χ0) is 25.6. The molecule has 3 heterocycles. The molecule has 38 heavy (non-hydrogen) atoms. The van der Waals surface area contributed by atoms with Gasteiger partial charge in [-0.2, -0.15) is 0 Å². The highest BCUT2D eigenvalue weighted by Crippen LogP contribution is 2.49. The Hall–Kier alpha value is -4.14. The van der Waals surface area contributed by atoms with E-state index in [4.69, 9.17) is 0 Å². The molecule has 182 valence electrons. The maximum Gasteiger partial charge on any atom is 0.0582 e. The van der Waals surface area contributed by atoms with E-state index in [1.54, 1.807) is 0 Å². The van der Waals surface area contributed by atoms with Crippen molar-refractivity contribution in [2.24, 2.45) is 0 Å². The van der Waals surface area contributed by atoms with E-state index in [9.17, 15) is 0 Å². The molecule has 0 radical (unpaired) electrons. The van der Waals surface area contributed by atoms with Crippen LogP contribution in [0.25, 0.3) is 59.1 Å². The Labute approximate surface area is 226 Å². The molecule has 2 aromatic heterocycles. The lowest BCUT2D eigenvalue weighted by Gasteiger charge is -2.35. The average Bonchev–Trinajstić information content (AvgIpc) is 3.56. The van der Waals surface area contributed by atoms with Gasteiger partial charge in [0.2, 0.25) is 0 Å². The number of aromatic nitrogens is 1. The zero-order valence-electron chi connectivity index (χ0n) is 21.7. The molecular formula is C36H27NS. The van der Waals surface area contributed by atoms with Crippen molar-refractivity contribution >= 4 is 43.9 Å². The van der Waals surface area contributed by atoms with E-state index < -0.39 is 0 Å². The summed E-state index contributed by atoms with van der Waals surface area (Å²) in [6.07, 6.45) is 0. The van der Waals surface area contributed by atoms with Crippen molar-refractivity contribution in [1.29, 1.82) is 0 Å². The Morgan fingerprint density at radius 3 is 2.29 bits per heavy atom. The summed E-state index contributed by atoms with van der Waals surface area (Å²) in [5, 5.41) is 5.30. The molecule has 2 heteroatoms. The van der Waals surface area contributed by atoms with Crippen molar-refractivity contribution in [2.75, 3.05) is 0 Å². The molecule has 0 unspecified atom stereocenters. The molecule has 1 aliphatic rings. The summed E-state index contributed by atoms with van der Waals surface area (Å²) in [5.41, 5.74) is 10.6. The molecular weight excluding hydrogens is 478 g/mol. The summed E-state index contributed by atoms with van der Waals surface area (Å²) in [5.74, 6) is 0. The van der Waals surface area contributed by atoms with E-state index in [0.717, 1.165) is 0 Å². The number of fused-ring (bicyclic) bond motifs is 6. The van der Waals surface area contributed by atoms with Crippen LogP contribution < -0.4 is 0 Å². The first-order valence-corrected chi connectivity index (χ1v) is 14.1. The van der Waals surface area contributed by atoms with E-state index in [1.807, 2.05) is 11.3 Å². The van der Waals surface area contributed by atoms with Crippen LogP contribution in [-0.4, -0.2) is 4.57 Å². The van der Waals surface area contributed by atoms with Gasteiger partial charge in [0.05, 0.1) is 16.7 Å². The molecule has 7 aromatic rings. The summed E-state index contributed by atoms with van der Waals surface area (Å²) in [7, 11) is 0. The molecule has 1 aliphatic heterocycles. The minimum atomic E-state index is -0.0930. The summed E-state index contributed by atoms with van der Waals surface area (Å²) in [4.78, 5) is 2.64. The topological polar surface area (TPSA) is 4.93 Å². The second-order valence-corrected chi connectivity index (χ2v) is 12.1. The minimum Gasteiger partial charge on any atom is -0.309 e. The highest BCUT2D eigenvalue weighted by Gasteiger charge is 2.35. The van der Waals surface area contributed by atoms with Gasteiger partial charge < -0.3 is 4.57 Å². The van der Waals surface area contributed by atoms with Crippen molar-refractivity contribution in [3.05, 3.63) is 126 Å². The van der Waals surface area contributed by atoms with Crippen molar-refractivity contribution in [3.8, 4) is 26.6 Å². The summed E-state index contributed by atoms with van der Waals surface area (Å²) in [6, 6.07) is 40.5. The lowest BCUT2D eigenvalue weighted by molar-refractivity contribution is 0.630. The fraction of sp³-hybridized carbons (Fsp3) is 0.111. The smallest absolute Gasteiger partial charge is 0.0582 e. The highest BCUT2D eigenvalue weighted by atomic mass is 32.1. The minimum absolute atomic E-state index is 0.0930. The first-order chi connectivity index (χ1) is 18.5. The number of hydrogen-bond donors (Lipinski definition) is 0. The number of para-hydroxylation sites is 2. The van der Waals surface area contributed by atoms with Crippen molar-refractivity contribution in [2.45, 2.75) is 26.2 Å². The molecule has 0 atom stereocenters. The quantitative estimate of drug-likeness (QED) is 0.220. The van der Waals surface area contributed by atoms with E-state index >= 15 is 0 Å². The van der Waals surface area contributed by atoms with Gasteiger partial charge in [0.15, 0.2) is 0 Å². The fourth-order valence-corrected chi connectivity index (χ4v) is 7.72. The van der Waals surface area contributed by atoms with Gasteiger partial charge in [-0.3, -0.25) is 0 Å². The molecule has 5 aromatic carbocycles. The lowest BCUT2D eigenvalue weighted by Crippen LogP contribution is -2.26. The number of aryl methyl sites for hydroxylation is 1. The third-order valence-corrected chi connectivity index (χ3v) is 9.80. The van der Waals surface area contributed by atoms with E-state index in [1.165, 1.54) is 75.8 Å². The maximum absolute atomic E-state index is 2.49. The number of hydrogen-bond acceptors (Lipinski definition) is 1. The molecule has 0 bridgehead atoms. The van der Waals surface area contributed by atoms with Crippen LogP contribution >= 0.6 is 11.3 Å². The average molecular weight is 506 g/mol. The van der Waals surface area contributed by atoms with Crippen LogP contribution in [0.4, 0.5) is 0 Å². The van der Waals surface area contributed by atoms with Gasteiger partial charge in [-0.25, -0.2) is 0 Å². The van der Waals surface area contributed by atoms with Gasteiger partial charge in [-0.1, -0.05) is 92.7 Å². The highest BCUT2D eigenvalue weighted by molar-refractivity contribution is 7.18. The number of rotatable bonds is 2. The summed E-state index contributed by atoms with van der Waals surface area (Å²) in [6.45, 7) is 7.01. The van der Waals surface area contributed by atoms with Gasteiger partial charge in [0.1, 0.15) is 0 Å². The Bertz CT molecular complexity index is 2070. The Balaban J connectivity index is 1.30. The van der Waals surface area contributed by atoms with Gasteiger partial charge in [0.25, 0.3) is 0 Å². The van der Waals surface area contributed by atoms with E-state index in [2.05, 4.69) is 135 Å². The van der Waals surface area contributed by atoms with Gasteiger partial charge in [0, 0.05) is 25.9 Å². The third kappa shape index (κ3) is 2.87. The Morgan fingerprint density at radius 1 is 0.632 bits per heavy atom. The molecule has 0 amide bonds. The number of benzene rings is 5. The van der Waals surface area contributed by atoms with Crippen LogP contribution in [-0.2, 0) is 5.41 Å². The van der Waals surface area contributed by atoms with Gasteiger partial charge >= 0.3 is 0 Å². The van der Waals surface area contributed by atoms with Crippen LogP contribution in [0.2, 0.25) is 0 Å². The molecule has 1 nitrogen and oxygen atoms in total. The molecule has 0 N–H and O–H groups in total. The van der Waals surface area contributed by atoms with Crippen molar-refractivity contribution in [3.63, 3.8) is 0 Å². The SMILES string of the molecule is Cc1c(-c2ccc(-c3ccc4c(c3)C(C)(C)c3cccc5c6ccccc6n-4c35)s2)ccc2ccccc12. The molecule has 0 spiro atoms. The van der Waals surface area contributed by atoms with Crippen molar-refractivity contribution < 1.29 is 0 Å². The fourth-order valence-electron chi connectivity index (χ4n) is 6.63. The standard InChI is InChI=1S/C36H27NS/c1-22-25-10-5-4-9-23(25)15-17-26(22)34-20-19-33(38-34)24-16-18-32-30(21-24)36(2,3)29-13-8-12-28-27-11-6-7-14-31(27)37(32)35(28)29/h4-21H,1-3H3. The van der Waals surface area contributed by atoms with Crippen LogP contribution in [0, 0.1) is 6.92 Å². The lowest BCUT2D eigenvalue weighted by atomic mass is 9.74. The largest absolute Gasteiger partial charge is 0.309 e. The van der Waals surface area contributed by atoms with Crippen LogP contribution in [0.5, 0.6) is 0 Å². The third-order valence-electron chi connectivity index (χ3n) is 8.63. The van der Waals surface area contributed by atoms with E-state index in [-0.39, 0.29) is 5.41 Å². The predicted octanol–water partition coefficient (Wildman–Crippen LogP) is 10.3. The first-order valence-electron chi connectivity index (χ1n) is 13.3. The van der Waals surface area contributed by atoms with Crippen LogP contribution in [0.1, 0.15) is 30.5 Å². The van der Waals surface area contributed by atoms with Gasteiger partial charge in [-0.05, 0) is 75.8 Å². The van der Waals surface area contributed by atoms with E-state index in [0.29, 0.717) is 0 Å². The maximum atomic E-state index is 2.49. The Morgan fingerprint density at radius 2 is 1.39 bits per heavy atom. The number of nitrogens with zero attached hydrogens (tertiary/aromatic N) is 1. The van der Waals surface area contributed by atoms with Crippen LogP contribution in [0.15, 0.2) is 109 Å². The zero-order valence-corrected chi connectivity index (χ0v) is 22.6. The Kier molecular flexibility index (Phi) is 4.43. The molecule has 8 rings (SSSR count). The second kappa shape index (κ2) is 7.69. The van der Waals surface area contributed by atoms with Gasteiger partial charge in [-0.15, -0.1) is 11.3 Å². The summed E-state index contributed by atoms with van der Waals surface area (Å²) < 4.78 is 2.49.